The summed E-state index contributed by atoms with van der Waals surface area (Å²) in [4.78, 5) is 0. The molecule has 23 heavy (non-hydrogen) atoms. The molecule has 0 spiro atoms. The fourth-order valence-corrected chi connectivity index (χ4v) is 3.72. The lowest BCUT2D eigenvalue weighted by molar-refractivity contribution is -0.253. The van der Waals surface area contributed by atoms with Crippen molar-refractivity contribution in [3.8, 4) is 0 Å². The molecular weight excluding hydrogens is 318 g/mol. The van der Waals surface area contributed by atoms with Gasteiger partial charge in [-0.3, -0.25) is 4.39 Å². The van der Waals surface area contributed by atoms with Crippen LogP contribution in [0.2, 0.25) is 0 Å². The highest BCUT2D eigenvalue weighted by atomic mass is 19.4. The van der Waals surface area contributed by atoms with Crippen LogP contribution < -0.4 is 0 Å². The highest BCUT2D eigenvalue weighted by molar-refractivity contribution is 5.29. The van der Waals surface area contributed by atoms with Crippen LogP contribution in [0, 0.1) is 17.3 Å². The van der Waals surface area contributed by atoms with Crippen molar-refractivity contribution in [3.05, 3.63) is 36.2 Å². The summed E-state index contributed by atoms with van der Waals surface area (Å²) < 4.78 is 81.3. The van der Waals surface area contributed by atoms with Crippen LogP contribution >= 0.6 is 0 Å². The molecule has 0 N–H and O–H groups in total. The Labute approximate surface area is 131 Å². The number of allylic oxidation sites excluding steroid dienone is 6. The van der Waals surface area contributed by atoms with E-state index in [1.165, 1.54) is 0 Å². The molecule has 2 atom stereocenters. The van der Waals surface area contributed by atoms with Crippen LogP contribution in [0.4, 0.5) is 26.3 Å². The van der Waals surface area contributed by atoms with Gasteiger partial charge < -0.3 is 0 Å². The third-order valence-electron chi connectivity index (χ3n) is 4.92. The van der Waals surface area contributed by atoms with Crippen molar-refractivity contribution in [1.29, 1.82) is 0 Å². The maximum atomic E-state index is 14.2. The van der Waals surface area contributed by atoms with Gasteiger partial charge in [0.2, 0.25) is 0 Å². The Kier molecular flexibility index (Phi) is 5.63. The fraction of sp³-hybridized carbons (Fsp3) is 0.647. The molecule has 0 aromatic rings. The predicted molar refractivity (Wildman–Crippen MR) is 76.9 cm³/mol. The van der Waals surface area contributed by atoms with Crippen molar-refractivity contribution in [2.24, 2.45) is 17.3 Å². The predicted octanol–water partition coefficient (Wildman–Crippen LogP) is 6.02. The van der Waals surface area contributed by atoms with Gasteiger partial charge in [-0.25, -0.2) is 8.78 Å². The molecule has 130 valence electrons. The number of alkyl halides is 5. The van der Waals surface area contributed by atoms with Gasteiger partial charge in [0.1, 0.15) is 12.0 Å². The topological polar surface area (TPSA) is 0 Å². The van der Waals surface area contributed by atoms with E-state index in [0.717, 1.165) is 18.2 Å². The molecule has 0 nitrogen and oxygen atoms in total. The van der Waals surface area contributed by atoms with E-state index in [4.69, 9.17) is 0 Å². The summed E-state index contributed by atoms with van der Waals surface area (Å²) >= 11 is 0. The van der Waals surface area contributed by atoms with Crippen LogP contribution in [0.15, 0.2) is 36.2 Å². The van der Waals surface area contributed by atoms with Gasteiger partial charge in [-0.05, 0) is 56.1 Å². The number of rotatable bonds is 4. The van der Waals surface area contributed by atoms with E-state index in [2.05, 4.69) is 0 Å². The zero-order valence-corrected chi connectivity index (χ0v) is 12.6. The van der Waals surface area contributed by atoms with E-state index in [0.29, 0.717) is 12.8 Å². The Bertz CT molecular complexity index is 482. The third-order valence-corrected chi connectivity index (χ3v) is 4.92. The van der Waals surface area contributed by atoms with Gasteiger partial charge in [0.05, 0.1) is 6.67 Å². The first-order valence-electron chi connectivity index (χ1n) is 7.82. The average Bonchev–Trinajstić information content (AvgIpc) is 2.48. The normalized spacial score (nSPS) is 35.6. The van der Waals surface area contributed by atoms with Crippen LogP contribution in [0.1, 0.15) is 32.1 Å². The minimum Gasteiger partial charge on any atom is -0.251 e. The van der Waals surface area contributed by atoms with Gasteiger partial charge in [0.15, 0.2) is 5.41 Å². The van der Waals surface area contributed by atoms with Gasteiger partial charge in [-0.1, -0.05) is 18.2 Å². The van der Waals surface area contributed by atoms with Crippen LogP contribution in [0.5, 0.6) is 0 Å². The summed E-state index contributed by atoms with van der Waals surface area (Å²) in [5, 5.41) is 0. The SMILES string of the molecule is FCC/C=C/C1CCC(C2(C(F)(F)F)C(F)=CC=CC2F)CC1. The van der Waals surface area contributed by atoms with Crippen LogP contribution in [0.25, 0.3) is 0 Å². The molecule has 1 saturated carbocycles. The zero-order valence-electron chi connectivity index (χ0n) is 12.6. The quantitative estimate of drug-likeness (QED) is 0.434. The molecule has 0 aliphatic heterocycles. The van der Waals surface area contributed by atoms with E-state index >= 15 is 0 Å². The first kappa shape index (κ1) is 18.1. The lowest BCUT2D eigenvalue weighted by Gasteiger charge is -2.45. The summed E-state index contributed by atoms with van der Waals surface area (Å²) in [6.07, 6.45) is -0.0988. The van der Waals surface area contributed by atoms with Gasteiger partial charge in [0, 0.05) is 0 Å². The maximum absolute atomic E-state index is 14.2. The number of hydrogen-bond acceptors (Lipinski definition) is 0. The molecule has 2 rings (SSSR count). The lowest BCUT2D eigenvalue weighted by atomic mass is 9.62. The second-order valence-electron chi connectivity index (χ2n) is 6.19. The standard InChI is InChI=1S/C17H20F6/c18-11-2-1-4-12-7-9-13(10-8-12)16(17(21,22)23)14(19)5-3-6-15(16)20/h1,3-6,12-14H,2,7-11H2/b4-1+. The first-order valence-corrected chi connectivity index (χ1v) is 7.82. The first-order chi connectivity index (χ1) is 10.8. The minimum atomic E-state index is -4.99. The molecule has 2 unspecified atom stereocenters. The Morgan fingerprint density at radius 2 is 1.83 bits per heavy atom. The molecule has 2 aliphatic rings. The number of hydrogen-bond donors (Lipinski definition) is 0. The highest BCUT2D eigenvalue weighted by Gasteiger charge is 2.67. The number of halogens is 6. The van der Waals surface area contributed by atoms with E-state index < -0.39 is 36.2 Å². The highest BCUT2D eigenvalue weighted by Crippen LogP contribution is 2.59. The maximum Gasteiger partial charge on any atom is 0.404 e. The van der Waals surface area contributed by atoms with Crippen LogP contribution in [-0.2, 0) is 0 Å². The molecule has 1 fully saturated rings. The second kappa shape index (κ2) is 7.14. The molecule has 2 aliphatic carbocycles. The zero-order chi connectivity index (χ0) is 17.1. The molecule has 0 aromatic heterocycles. The van der Waals surface area contributed by atoms with E-state index in [9.17, 15) is 26.3 Å². The lowest BCUT2D eigenvalue weighted by Crippen LogP contribution is -2.53. The van der Waals surface area contributed by atoms with Crippen molar-refractivity contribution in [1.82, 2.24) is 0 Å². The average molecular weight is 338 g/mol. The summed E-state index contributed by atoms with van der Waals surface area (Å²) in [6.45, 7) is -0.477. The molecule has 0 bridgehead atoms. The van der Waals surface area contributed by atoms with Gasteiger partial charge in [-0.15, -0.1) is 0 Å². The summed E-state index contributed by atoms with van der Waals surface area (Å²) in [7, 11) is 0. The Hall–Kier alpha value is -1.20. The van der Waals surface area contributed by atoms with Gasteiger partial charge in [-0.2, -0.15) is 13.2 Å². The van der Waals surface area contributed by atoms with Crippen molar-refractivity contribution in [2.45, 2.75) is 44.5 Å². The molecule has 0 amide bonds. The van der Waals surface area contributed by atoms with Crippen LogP contribution in [0.3, 0.4) is 0 Å². The third kappa shape index (κ3) is 3.36. The van der Waals surface area contributed by atoms with E-state index in [1.807, 2.05) is 0 Å². The van der Waals surface area contributed by atoms with E-state index in [1.54, 1.807) is 12.2 Å². The minimum absolute atomic E-state index is 0.0484. The van der Waals surface area contributed by atoms with E-state index in [-0.39, 0.29) is 25.2 Å². The molecule has 0 radical (unpaired) electrons. The monoisotopic (exact) mass is 338 g/mol. The van der Waals surface area contributed by atoms with Gasteiger partial charge in [0.25, 0.3) is 0 Å². The largest absolute Gasteiger partial charge is 0.404 e. The fourth-order valence-electron chi connectivity index (χ4n) is 3.72. The molecule has 6 heteroatoms. The van der Waals surface area contributed by atoms with Crippen molar-refractivity contribution in [2.75, 3.05) is 6.67 Å². The summed E-state index contributed by atoms with van der Waals surface area (Å²) in [5.41, 5.74) is -3.06. The molecule has 0 heterocycles. The molecule has 0 saturated heterocycles. The van der Waals surface area contributed by atoms with Crippen LogP contribution in [-0.4, -0.2) is 19.0 Å². The summed E-state index contributed by atoms with van der Waals surface area (Å²) in [6, 6.07) is 0. The Morgan fingerprint density at radius 1 is 1.17 bits per heavy atom. The molecular formula is C17H20F6. The Morgan fingerprint density at radius 3 is 2.35 bits per heavy atom. The second-order valence-corrected chi connectivity index (χ2v) is 6.19. The van der Waals surface area contributed by atoms with Crippen molar-refractivity contribution >= 4 is 0 Å². The van der Waals surface area contributed by atoms with Gasteiger partial charge >= 0.3 is 6.18 Å². The van der Waals surface area contributed by atoms with Crippen molar-refractivity contribution in [3.63, 3.8) is 0 Å². The molecule has 0 aromatic carbocycles. The Balaban J connectivity index is 2.18. The smallest absolute Gasteiger partial charge is 0.251 e. The van der Waals surface area contributed by atoms with Crippen molar-refractivity contribution < 1.29 is 26.3 Å². The summed E-state index contributed by atoms with van der Waals surface area (Å²) in [5.74, 6) is -2.51.